The molecule has 2 fully saturated rings. The van der Waals surface area contributed by atoms with E-state index in [2.05, 4.69) is 0 Å². The molecule has 2 rings (SSSR count). The standard InChI is InChI=1S/C11H17NO3/c1-3-15-11(14)12-8-4-5-9(12)7(2)10(13)6-8/h7-9H,3-6H2,1-2H3. The second-order valence-electron chi connectivity index (χ2n) is 4.36. The van der Waals surface area contributed by atoms with Crippen molar-refractivity contribution in [1.29, 1.82) is 0 Å². The topological polar surface area (TPSA) is 46.6 Å². The third kappa shape index (κ3) is 1.62. The van der Waals surface area contributed by atoms with Gasteiger partial charge >= 0.3 is 6.09 Å². The van der Waals surface area contributed by atoms with Gasteiger partial charge in [0.05, 0.1) is 6.61 Å². The van der Waals surface area contributed by atoms with Gasteiger partial charge in [-0.3, -0.25) is 4.79 Å². The summed E-state index contributed by atoms with van der Waals surface area (Å²) in [6.07, 6.45) is 2.15. The summed E-state index contributed by atoms with van der Waals surface area (Å²) in [5.74, 6) is 0.274. The number of hydrogen-bond donors (Lipinski definition) is 0. The Morgan fingerprint density at radius 1 is 1.53 bits per heavy atom. The zero-order valence-electron chi connectivity index (χ0n) is 9.23. The summed E-state index contributed by atoms with van der Waals surface area (Å²) in [6, 6.07) is 0.174. The molecule has 2 aliphatic heterocycles. The molecule has 0 N–H and O–H groups in total. The number of ether oxygens (including phenoxy) is 1. The molecule has 4 nitrogen and oxygen atoms in total. The van der Waals surface area contributed by atoms with Gasteiger partial charge in [-0.25, -0.2) is 4.79 Å². The molecule has 1 amide bonds. The highest BCUT2D eigenvalue weighted by Crippen LogP contribution is 2.37. The van der Waals surface area contributed by atoms with Crippen LogP contribution in [0.2, 0.25) is 0 Å². The number of rotatable bonds is 1. The van der Waals surface area contributed by atoms with E-state index in [-0.39, 0.29) is 24.1 Å². The minimum atomic E-state index is -0.246. The van der Waals surface area contributed by atoms with Gasteiger partial charge in [0.2, 0.25) is 0 Å². The number of fused-ring (bicyclic) bond motifs is 2. The normalized spacial score (nSPS) is 34.4. The molecule has 0 saturated carbocycles. The lowest BCUT2D eigenvalue weighted by atomic mass is 9.91. The molecule has 0 aromatic carbocycles. The third-order valence-corrected chi connectivity index (χ3v) is 3.55. The first-order valence-electron chi connectivity index (χ1n) is 5.63. The fraction of sp³-hybridized carbons (Fsp3) is 0.818. The Morgan fingerprint density at radius 3 is 2.93 bits per heavy atom. The molecule has 84 valence electrons. The van der Waals surface area contributed by atoms with Gasteiger partial charge in [-0.15, -0.1) is 0 Å². The van der Waals surface area contributed by atoms with Gasteiger partial charge in [-0.1, -0.05) is 6.92 Å². The summed E-state index contributed by atoms with van der Waals surface area (Å²) in [5, 5.41) is 0. The summed E-state index contributed by atoms with van der Waals surface area (Å²) >= 11 is 0. The molecule has 0 aromatic heterocycles. The van der Waals surface area contributed by atoms with E-state index in [9.17, 15) is 9.59 Å². The zero-order chi connectivity index (χ0) is 11.0. The van der Waals surface area contributed by atoms with Gasteiger partial charge in [-0.2, -0.15) is 0 Å². The Kier molecular flexibility index (Phi) is 2.67. The molecule has 0 aliphatic carbocycles. The van der Waals surface area contributed by atoms with Gasteiger partial charge in [0.1, 0.15) is 5.78 Å². The largest absolute Gasteiger partial charge is 0.450 e. The van der Waals surface area contributed by atoms with E-state index in [4.69, 9.17) is 4.74 Å². The van der Waals surface area contributed by atoms with Crippen LogP contribution in [0.4, 0.5) is 4.79 Å². The van der Waals surface area contributed by atoms with E-state index >= 15 is 0 Å². The van der Waals surface area contributed by atoms with Crippen molar-refractivity contribution in [2.75, 3.05) is 6.61 Å². The van der Waals surface area contributed by atoms with Crippen molar-refractivity contribution in [2.24, 2.45) is 5.92 Å². The summed E-state index contributed by atoms with van der Waals surface area (Å²) in [4.78, 5) is 25.1. The fourth-order valence-corrected chi connectivity index (χ4v) is 2.72. The van der Waals surface area contributed by atoms with Crippen molar-refractivity contribution in [3.8, 4) is 0 Å². The van der Waals surface area contributed by atoms with Crippen LogP contribution in [-0.2, 0) is 9.53 Å². The maximum absolute atomic E-state index is 11.7. The molecule has 3 atom stereocenters. The van der Waals surface area contributed by atoms with Gasteiger partial charge in [-0.05, 0) is 19.8 Å². The van der Waals surface area contributed by atoms with Crippen LogP contribution < -0.4 is 0 Å². The number of ketones is 1. The first-order valence-corrected chi connectivity index (χ1v) is 5.63. The molecule has 2 heterocycles. The number of carbonyl (C=O) groups excluding carboxylic acids is 2. The van der Waals surface area contributed by atoms with E-state index in [1.165, 1.54) is 0 Å². The maximum Gasteiger partial charge on any atom is 0.410 e. The number of Topliss-reactive ketones (excluding diaryl/α,β-unsaturated/α-hetero) is 1. The van der Waals surface area contributed by atoms with E-state index < -0.39 is 0 Å². The Hall–Kier alpha value is -1.06. The van der Waals surface area contributed by atoms with Crippen molar-refractivity contribution in [3.05, 3.63) is 0 Å². The second kappa shape index (κ2) is 3.83. The van der Waals surface area contributed by atoms with Gasteiger partial charge in [0.25, 0.3) is 0 Å². The van der Waals surface area contributed by atoms with Crippen LogP contribution in [-0.4, -0.2) is 35.5 Å². The third-order valence-electron chi connectivity index (χ3n) is 3.55. The van der Waals surface area contributed by atoms with E-state index in [0.717, 1.165) is 12.8 Å². The van der Waals surface area contributed by atoms with E-state index in [1.54, 1.807) is 11.8 Å². The average molecular weight is 211 g/mol. The average Bonchev–Trinajstić information content (AvgIpc) is 2.54. The highest BCUT2D eigenvalue weighted by molar-refractivity contribution is 5.85. The van der Waals surface area contributed by atoms with Crippen molar-refractivity contribution in [2.45, 2.75) is 45.2 Å². The molecule has 2 saturated heterocycles. The summed E-state index contributed by atoms with van der Waals surface area (Å²) in [6.45, 7) is 4.12. The minimum Gasteiger partial charge on any atom is -0.450 e. The Bertz CT molecular complexity index is 290. The van der Waals surface area contributed by atoms with Crippen LogP contribution in [0.1, 0.15) is 33.1 Å². The van der Waals surface area contributed by atoms with Gasteiger partial charge in [0, 0.05) is 24.4 Å². The SMILES string of the molecule is CCOC(=O)N1C2CCC1C(C)C(=O)C2. The van der Waals surface area contributed by atoms with Crippen LogP contribution >= 0.6 is 0 Å². The summed E-state index contributed by atoms with van der Waals surface area (Å²) in [5.41, 5.74) is 0. The predicted octanol–water partition coefficient (Wildman–Crippen LogP) is 1.58. The number of piperidine rings is 1. The lowest BCUT2D eigenvalue weighted by molar-refractivity contribution is -0.127. The summed E-state index contributed by atoms with van der Waals surface area (Å²) < 4.78 is 5.02. The zero-order valence-corrected chi connectivity index (χ0v) is 9.23. The van der Waals surface area contributed by atoms with Crippen molar-refractivity contribution < 1.29 is 14.3 Å². The summed E-state index contributed by atoms with van der Waals surface area (Å²) in [7, 11) is 0. The Labute approximate surface area is 89.6 Å². The lowest BCUT2D eigenvalue weighted by Gasteiger charge is -2.36. The van der Waals surface area contributed by atoms with Crippen molar-refractivity contribution in [3.63, 3.8) is 0 Å². The maximum atomic E-state index is 11.7. The molecule has 0 aromatic rings. The molecule has 0 radical (unpaired) electrons. The first-order chi connectivity index (χ1) is 7.15. The number of carbonyl (C=O) groups is 2. The molecule has 15 heavy (non-hydrogen) atoms. The number of hydrogen-bond acceptors (Lipinski definition) is 3. The van der Waals surface area contributed by atoms with Crippen molar-refractivity contribution in [1.82, 2.24) is 4.90 Å². The highest BCUT2D eigenvalue weighted by Gasteiger charge is 2.47. The first kappa shape index (κ1) is 10.5. The predicted molar refractivity (Wildman–Crippen MR) is 54.5 cm³/mol. The molecule has 3 unspecified atom stereocenters. The van der Waals surface area contributed by atoms with Crippen LogP contribution in [0.25, 0.3) is 0 Å². The smallest absolute Gasteiger partial charge is 0.410 e. The molecular weight excluding hydrogens is 194 g/mol. The molecule has 0 spiro atoms. The van der Waals surface area contributed by atoms with Gasteiger partial charge < -0.3 is 9.64 Å². The Balaban J connectivity index is 2.14. The molecule has 2 aliphatic rings. The van der Waals surface area contributed by atoms with Crippen LogP contribution in [0.3, 0.4) is 0 Å². The van der Waals surface area contributed by atoms with Crippen molar-refractivity contribution >= 4 is 11.9 Å². The van der Waals surface area contributed by atoms with Crippen LogP contribution in [0.15, 0.2) is 0 Å². The van der Waals surface area contributed by atoms with Crippen LogP contribution in [0, 0.1) is 5.92 Å². The van der Waals surface area contributed by atoms with Crippen LogP contribution in [0.5, 0.6) is 0 Å². The fourth-order valence-electron chi connectivity index (χ4n) is 2.72. The lowest BCUT2D eigenvalue weighted by Crippen LogP contribution is -2.51. The van der Waals surface area contributed by atoms with E-state index in [0.29, 0.717) is 18.8 Å². The monoisotopic (exact) mass is 211 g/mol. The molecule has 2 bridgehead atoms. The highest BCUT2D eigenvalue weighted by atomic mass is 16.6. The van der Waals surface area contributed by atoms with Gasteiger partial charge in [0.15, 0.2) is 0 Å². The Morgan fingerprint density at radius 2 is 2.27 bits per heavy atom. The second-order valence-corrected chi connectivity index (χ2v) is 4.36. The molecular formula is C11H17NO3. The minimum absolute atomic E-state index is 0.0202. The van der Waals surface area contributed by atoms with E-state index in [1.807, 2.05) is 6.92 Å². The number of nitrogens with zero attached hydrogens (tertiary/aromatic N) is 1. The number of amides is 1. The quantitative estimate of drug-likeness (QED) is 0.661. The molecule has 4 heteroatoms.